The third-order valence-electron chi connectivity index (χ3n) is 3.99. The number of carbonyl (C=O) groups is 1. The van der Waals surface area contributed by atoms with Crippen LogP contribution in [0.5, 0.6) is 0 Å². The molecule has 92 valence electrons. The number of hydrogen-bond acceptors (Lipinski definition) is 2. The number of nitrogens with one attached hydrogen (secondary N) is 2. The Bertz CT molecular complexity index is 218. The van der Waals surface area contributed by atoms with Crippen LogP contribution in [0.15, 0.2) is 0 Å². The zero-order chi connectivity index (χ0) is 11.2. The largest absolute Gasteiger partial charge is 0.356 e. The highest BCUT2D eigenvalue weighted by atomic mass is 16.1. The van der Waals surface area contributed by atoms with Gasteiger partial charge in [0, 0.05) is 12.5 Å². The van der Waals surface area contributed by atoms with Gasteiger partial charge in [-0.1, -0.05) is 19.3 Å². The molecule has 1 atom stereocenters. The Morgan fingerprint density at radius 2 is 2.00 bits per heavy atom. The van der Waals surface area contributed by atoms with Crippen molar-refractivity contribution in [3.63, 3.8) is 0 Å². The summed E-state index contributed by atoms with van der Waals surface area (Å²) < 4.78 is 0. The van der Waals surface area contributed by atoms with Crippen LogP contribution in [0.1, 0.15) is 44.9 Å². The first kappa shape index (κ1) is 11.9. The Kier molecular flexibility index (Phi) is 4.64. The van der Waals surface area contributed by atoms with Gasteiger partial charge in [0.1, 0.15) is 0 Å². The van der Waals surface area contributed by atoms with Gasteiger partial charge in [0.15, 0.2) is 0 Å². The van der Waals surface area contributed by atoms with Crippen molar-refractivity contribution in [1.82, 2.24) is 10.6 Å². The second kappa shape index (κ2) is 6.24. The first-order valence-electron chi connectivity index (χ1n) is 6.84. The summed E-state index contributed by atoms with van der Waals surface area (Å²) in [7, 11) is 0. The molecule has 2 aliphatic rings. The highest BCUT2D eigenvalue weighted by Crippen LogP contribution is 2.23. The Morgan fingerprint density at radius 3 is 2.69 bits per heavy atom. The van der Waals surface area contributed by atoms with Gasteiger partial charge in [-0.05, 0) is 44.7 Å². The van der Waals surface area contributed by atoms with Gasteiger partial charge < -0.3 is 10.6 Å². The molecule has 3 heteroatoms. The molecule has 1 amide bonds. The van der Waals surface area contributed by atoms with E-state index in [1.165, 1.54) is 25.7 Å². The zero-order valence-corrected chi connectivity index (χ0v) is 10.1. The predicted octanol–water partition coefficient (Wildman–Crippen LogP) is 1.68. The molecule has 1 aliphatic heterocycles. The van der Waals surface area contributed by atoms with Crippen molar-refractivity contribution in [2.45, 2.75) is 44.9 Å². The minimum atomic E-state index is 0.311. The summed E-state index contributed by atoms with van der Waals surface area (Å²) in [6, 6.07) is 0. The van der Waals surface area contributed by atoms with Crippen molar-refractivity contribution in [1.29, 1.82) is 0 Å². The van der Waals surface area contributed by atoms with E-state index in [0.717, 1.165) is 44.8 Å². The van der Waals surface area contributed by atoms with Crippen LogP contribution >= 0.6 is 0 Å². The van der Waals surface area contributed by atoms with Gasteiger partial charge in [-0.2, -0.15) is 0 Å². The molecule has 1 unspecified atom stereocenters. The molecule has 1 heterocycles. The molecule has 1 saturated heterocycles. The molecule has 3 nitrogen and oxygen atoms in total. The van der Waals surface area contributed by atoms with Crippen LogP contribution in [0.25, 0.3) is 0 Å². The molecular formula is C13H24N2O. The molecule has 2 N–H and O–H groups in total. The highest BCUT2D eigenvalue weighted by Gasteiger charge is 2.21. The lowest BCUT2D eigenvalue weighted by molar-refractivity contribution is -0.125. The first-order valence-corrected chi connectivity index (χ1v) is 6.84. The van der Waals surface area contributed by atoms with Crippen molar-refractivity contribution in [2.24, 2.45) is 11.8 Å². The highest BCUT2D eigenvalue weighted by molar-refractivity contribution is 5.78. The smallest absolute Gasteiger partial charge is 0.223 e. The Hall–Kier alpha value is -0.570. The summed E-state index contributed by atoms with van der Waals surface area (Å²) in [5.74, 6) is 1.41. The summed E-state index contributed by atoms with van der Waals surface area (Å²) >= 11 is 0. The predicted molar refractivity (Wildman–Crippen MR) is 65.2 cm³/mol. The van der Waals surface area contributed by atoms with E-state index >= 15 is 0 Å². The van der Waals surface area contributed by atoms with Crippen molar-refractivity contribution in [3.05, 3.63) is 0 Å². The Balaban J connectivity index is 1.59. The standard InChI is InChI=1S/C13H24N2O/c16-13(12-4-2-1-3-5-12)15-9-7-11-6-8-14-10-11/h11-12,14H,1-10H2,(H,15,16). The second-order valence-corrected chi connectivity index (χ2v) is 5.27. The van der Waals surface area contributed by atoms with Gasteiger partial charge in [0.2, 0.25) is 5.91 Å². The van der Waals surface area contributed by atoms with E-state index in [2.05, 4.69) is 10.6 Å². The number of carbonyl (C=O) groups excluding carboxylic acids is 1. The summed E-state index contributed by atoms with van der Waals surface area (Å²) in [6.45, 7) is 3.17. The average molecular weight is 224 g/mol. The molecule has 2 fully saturated rings. The van der Waals surface area contributed by atoms with Crippen molar-refractivity contribution < 1.29 is 4.79 Å². The monoisotopic (exact) mass is 224 g/mol. The summed E-state index contributed by atoms with van der Waals surface area (Å²) in [4.78, 5) is 11.8. The molecule has 1 aliphatic carbocycles. The molecule has 0 aromatic carbocycles. The van der Waals surface area contributed by atoms with Crippen LogP contribution in [0.2, 0.25) is 0 Å². The molecular weight excluding hydrogens is 200 g/mol. The SMILES string of the molecule is O=C(NCCC1CCNC1)C1CCCCC1. The number of hydrogen-bond donors (Lipinski definition) is 2. The maximum Gasteiger partial charge on any atom is 0.223 e. The quantitative estimate of drug-likeness (QED) is 0.763. The topological polar surface area (TPSA) is 41.1 Å². The number of amides is 1. The fourth-order valence-corrected chi connectivity index (χ4v) is 2.87. The summed E-state index contributed by atoms with van der Waals surface area (Å²) in [6.07, 6.45) is 8.44. The lowest BCUT2D eigenvalue weighted by Gasteiger charge is -2.21. The van der Waals surface area contributed by atoms with E-state index < -0.39 is 0 Å². The molecule has 0 bridgehead atoms. The van der Waals surface area contributed by atoms with Gasteiger partial charge >= 0.3 is 0 Å². The minimum absolute atomic E-state index is 0.311. The molecule has 0 spiro atoms. The fourth-order valence-electron chi connectivity index (χ4n) is 2.87. The maximum absolute atomic E-state index is 11.8. The van der Waals surface area contributed by atoms with Crippen LogP contribution in [0, 0.1) is 11.8 Å². The second-order valence-electron chi connectivity index (χ2n) is 5.27. The molecule has 0 aromatic heterocycles. The molecule has 2 rings (SSSR count). The lowest BCUT2D eigenvalue weighted by atomic mass is 9.88. The zero-order valence-electron chi connectivity index (χ0n) is 10.1. The van der Waals surface area contributed by atoms with Crippen LogP contribution in [0.3, 0.4) is 0 Å². The maximum atomic E-state index is 11.8. The minimum Gasteiger partial charge on any atom is -0.356 e. The van der Waals surface area contributed by atoms with Crippen LogP contribution in [-0.4, -0.2) is 25.5 Å². The molecule has 1 saturated carbocycles. The Morgan fingerprint density at radius 1 is 1.19 bits per heavy atom. The molecule has 16 heavy (non-hydrogen) atoms. The van der Waals surface area contributed by atoms with E-state index in [9.17, 15) is 4.79 Å². The van der Waals surface area contributed by atoms with Gasteiger partial charge in [0.25, 0.3) is 0 Å². The van der Waals surface area contributed by atoms with Crippen molar-refractivity contribution >= 4 is 5.91 Å². The van der Waals surface area contributed by atoms with E-state index in [1.807, 2.05) is 0 Å². The average Bonchev–Trinajstić information content (AvgIpc) is 2.83. The lowest BCUT2D eigenvalue weighted by Crippen LogP contribution is -2.33. The van der Waals surface area contributed by atoms with Gasteiger partial charge in [-0.15, -0.1) is 0 Å². The van der Waals surface area contributed by atoms with Gasteiger partial charge in [0.05, 0.1) is 0 Å². The normalized spacial score (nSPS) is 26.9. The Labute approximate surface area is 98.4 Å². The van der Waals surface area contributed by atoms with Crippen molar-refractivity contribution in [3.8, 4) is 0 Å². The first-order chi connectivity index (χ1) is 7.86. The van der Waals surface area contributed by atoms with E-state index in [1.54, 1.807) is 0 Å². The van der Waals surface area contributed by atoms with E-state index in [4.69, 9.17) is 0 Å². The van der Waals surface area contributed by atoms with Crippen LogP contribution < -0.4 is 10.6 Å². The third kappa shape index (κ3) is 3.48. The molecule has 0 aromatic rings. The van der Waals surface area contributed by atoms with E-state index in [0.29, 0.717) is 11.8 Å². The van der Waals surface area contributed by atoms with E-state index in [-0.39, 0.29) is 0 Å². The third-order valence-corrected chi connectivity index (χ3v) is 3.99. The van der Waals surface area contributed by atoms with Gasteiger partial charge in [-0.25, -0.2) is 0 Å². The number of rotatable bonds is 4. The molecule has 0 radical (unpaired) electrons. The van der Waals surface area contributed by atoms with Crippen molar-refractivity contribution in [2.75, 3.05) is 19.6 Å². The van der Waals surface area contributed by atoms with Crippen LogP contribution in [0.4, 0.5) is 0 Å². The summed E-state index contributed by atoms with van der Waals surface area (Å²) in [5, 5.41) is 6.47. The fraction of sp³-hybridized carbons (Fsp3) is 0.923. The van der Waals surface area contributed by atoms with Gasteiger partial charge in [-0.3, -0.25) is 4.79 Å². The summed E-state index contributed by atoms with van der Waals surface area (Å²) in [5.41, 5.74) is 0. The van der Waals surface area contributed by atoms with Crippen LogP contribution in [-0.2, 0) is 4.79 Å².